The minimum Gasteiger partial charge on any atom is -0.394 e. The van der Waals surface area contributed by atoms with Gasteiger partial charge in [-0.15, -0.1) is 0 Å². The van der Waals surface area contributed by atoms with E-state index in [1.807, 2.05) is 0 Å². The van der Waals surface area contributed by atoms with Gasteiger partial charge < -0.3 is 120 Å². The summed E-state index contributed by atoms with van der Waals surface area (Å²) in [6.07, 6.45) is -26.2. The zero-order valence-electron chi connectivity index (χ0n) is 46.1. The van der Waals surface area contributed by atoms with Crippen molar-refractivity contribution in [1.29, 1.82) is 0 Å². The van der Waals surface area contributed by atoms with Crippen molar-refractivity contribution in [3.63, 3.8) is 0 Å². The average Bonchev–Trinajstić information content (AvgIpc) is 2.95. The van der Waals surface area contributed by atoms with Crippen LogP contribution in [0.3, 0.4) is 0 Å². The molecule has 0 bridgehead atoms. The van der Waals surface area contributed by atoms with Gasteiger partial charge in [-0.2, -0.15) is 0 Å². The van der Waals surface area contributed by atoms with Crippen LogP contribution in [0.25, 0.3) is 0 Å². The van der Waals surface area contributed by atoms with Crippen molar-refractivity contribution in [1.82, 2.24) is 0 Å². The lowest BCUT2D eigenvalue weighted by Crippen LogP contribution is -2.65. The molecule has 0 spiro atoms. The van der Waals surface area contributed by atoms with Crippen LogP contribution < -0.4 is 0 Å². The Morgan fingerprint density at radius 1 is 0.577 bits per heavy atom. The van der Waals surface area contributed by atoms with E-state index >= 15 is 0 Å². The van der Waals surface area contributed by atoms with Crippen LogP contribution in [0.5, 0.6) is 0 Å². The first-order valence-corrected chi connectivity index (χ1v) is 28.0. The van der Waals surface area contributed by atoms with Crippen LogP contribution >= 0.6 is 0 Å². The van der Waals surface area contributed by atoms with Crippen LogP contribution in [-0.4, -0.2) is 255 Å². The second kappa shape index (κ2) is 23.7. The lowest BCUT2D eigenvalue weighted by atomic mass is 9.38. The SMILES string of the molecule is C[C@@H](CC[C@H](O[C@H]1O[C@@H](CO[C@H]2O[C@@H](CO)[C@H](O)[C@@H](O)[C@@H]2O)[C@H](O)[C@@H](O)[C@@H]1O)C(C)(C)O)[C@@H]1CC[C@]2(C)[C@@H]3CC=C4[C@H](CC[C@@H](O[C@H]5O[C@@H](CO[C@H]6O[C@@H](CO)[C@H](O)[C@@H](O)[C@@H]6O)[C@H](O)[C@@H](O)[C@@H]5O)C4(C)C)[C@@]3(C)[C@@H](O)C[C@@]12C. The van der Waals surface area contributed by atoms with Gasteiger partial charge in [0, 0.05) is 10.8 Å². The van der Waals surface area contributed by atoms with Crippen LogP contribution in [0.4, 0.5) is 0 Å². The van der Waals surface area contributed by atoms with Crippen molar-refractivity contribution < 1.29 is 120 Å². The van der Waals surface area contributed by atoms with Crippen molar-refractivity contribution >= 4 is 0 Å². The number of hydrogen-bond acceptors (Lipinski definition) is 24. The minimum atomic E-state index is -1.77. The van der Waals surface area contributed by atoms with Gasteiger partial charge in [-0.25, -0.2) is 0 Å². The van der Waals surface area contributed by atoms with Crippen LogP contribution in [0, 0.1) is 45.3 Å². The molecule has 452 valence electrons. The maximum Gasteiger partial charge on any atom is 0.187 e. The third-order valence-electron chi connectivity index (χ3n) is 20.8. The van der Waals surface area contributed by atoms with E-state index < -0.39 is 184 Å². The van der Waals surface area contributed by atoms with Gasteiger partial charge in [0.1, 0.15) is 97.7 Å². The number of allylic oxidation sites excluding steroid dienone is 1. The summed E-state index contributed by atoms with van der Waals surface area (Å²) >= 11 is 0. The van der Waals surface area contributed by atoms with Gasteiger partial charge >= 0.3 is 0 Å². The van der Waals surface area contributed by atoms with Crippen LogP contribution in [0.2, 0.25) is 0 Å². The zero-order chi connectivity index (χ0) is 57.5. The summed E-state index contributed by atoms with van der Waals surface area (Å²) < 4.78 is 46.9. The molecule has 0 amide bonds. The Hall–Kier alpha value is -1.22. The molecule has 4 saturated heterocycles. The molecule has 0 unspecified atom stereocenters. The lowest BCUT2D eigenvalue weighted by Gasteiger charge is -2.67. The van der Waals surface area contributed by atoms with E-state index in [1.54, 1.807) is 13.8 Å². The molecule has 7 fully saturated rings. The molecule has 4 aliphatic carbocycles. The summed E-state index contributed by atoms with van der Waals surface area (Å²) in [6, 6.07) is 0. The second-order valence-corrected chi connectivity index (χ2v) is 25.9. The van der Waals surface area contributed by atoms with Crippen molar-refractivity contribution in [2.45, 2.75) is 253 Å². The van der Waals surface area contributed by atoms with Gasteiger partial charge in [0.05, 0.1) is 50.3 Å². The van der Waals surface area contributed by atoms with E-state index in [-0.39, 0.29) is 34.5 Å². The average molecular weight is 1130 g/mol. The van der Waals surface area contributed by atoms with E-state index in [0.717, 1.165) is 18.4 Å². The normalized spacial score (nSPS) is 51.4. The standard InChI is InChI=1S/C54H92O24/c1-22(9-13-33(51(4,5)70)78-49-45(69)41(65)37(61)29(76-49)21-72-47-43(67)39(63)35(59)27(19-56)74-47)23-15-16-52(6)30-12-10-24-25(54(30,8)31(57)17-53(23,52)7)11-14-32(50(24,2)3)77-48-44(68)40(64)36(60)28(75-48)20-71-46-42(66)38(62)34(58)26(18-55)73-46/h10,22-23,25-49,55-70H,9,11-21H2,1-8H3/t22-,23-,25-,26-,27-,28-,29-,30-,31-,32+,33-,34-,35-,36-,37-,38+,39+,40+,41+,42-,43-,44-,45-,46-,47-,48+,49+,52+,53-,54+/m0/s1. The van der Waals surface area contributed by atoms with Gasteiger partial charge in [-0.1, -0.05) is 53.2 Å². The first-order valence-electron chi connectivity index (χ1n) is 28.0. The number of rotatable bonds is 17. The Morgan fingerprint density at radius 2 is 1.04 bits per heavy atom. The van der Waals surface area contributed by atoms with Crippen LogP contribution in [-0.2, 0) is 37.9 Å². The fourth-order valence-corrected chi connectivity index (χ4v) is 15.5. The summed E-state index contributed by atoms with van der Waals surface area (Å²) in [5.41, 5.74) is -2.02. The highest BCUT2D eigenvalue weighted by Gasteiger charge is 2.70. The summed E-state index contributed by atoms with van der Waals surface area (Å²) in [5, 5.41) is 171. The predicted octanol–water partition coefficient (Wildman–Crippen LogP) is -3.23. The molecule has 16 N–H and O–H groups in total. The Morgan fingerprint density at radius 3 is 1.54 bits per heavy atom. The molecular weight excluding hydrogens is 1030 g/mol. The Bertz CT molecular complexity index is 2030. The summed E-state index contributed by atoms with van der Waals surface area (Å²) in [5.74, 6) is 0.307. The van der Waals surface area contributed by atoms with E-state index in [0.29, 0.717) is 38.5 Å². The number of aliphatic hydroxyl groups excluding tert-OH is 15. The van der Waals surface area contributed by atoms with E-state index in [1.165, 1.54) is 0 Å². The maximum atomic E-state index is 12.7. The zero-order valence-corrected chi connectivity index (χ0v) is 46.1. The highest BCUT2D eigenvalue weighted by molar-refractivity contribution is 5.32. The number of ether oxygens (including phenoxy) is 8. The van der Waals surface area contributed by atoms with Gasteiger partial charge in [0.15, 0.2) is 25.2 Å². The van der Waals surface area contributed by atoms with Crippen molar-refractivity contribution in [3.05, 3.63) is 11.6 Å². The quantitative estimate of drug-likeness (QED) is 0.0637. The van der Waals surface area contributed by atoms with Crippen molar-refractivity contribution in [2.24, 2.45) is 45.3 Å². The molecule has 4 aliphatic heterocycles. The third-order valence-corrected chi connectivity index (χ3v) is 20.8. The predicted molar refractivity (Wildman–Crippen MR) is 268 cm³/mol. The van der Waals surface area contributed by atoms with Crippen LogP contribution in [0.1, 0.15) is 107 Å². The van der Waals surface area contributed by atoms with E-state index in [9.17, 15) is 81.7 Å². The second-order valence-electron chi connectivity index (χ2n) is 25.9. The molecule has 0 aromatic carbocycles. The molecule has 3 saturated carbocycles. The topological polar surface area (TPSA) is 398 Å². The molecule has 0 aromatic heterocycles. The Labute approximate surface area is 455 Å². The van der Waals surface area contributed by atoms with Crippen LogP contribution in [0.15, 0.2) is 11.6 Å². The molecule has 24 heteroatoms. The van der Waals surface area contributed by atoms with Gasteiger partial charge in [-0.3, -0.25) is 0 Å². The minimum absolute atomic E-state index is 0.0242. The van der Waals surface area contributed by atoms with Crippen molar-refractivity contribution in [3.8, 4) is 0 Å². The van der Waals surface area contributed by atoms with E-state index in [4.69, 9.17) is 37.9 Å². The summed E-state index contributed by atoms with van der Waals surface area (Å²) in [4.78, 5) is 0. The Kier molecular flexibility index (Phi) is 19.1. The fourth-order valence-electron chi connectivity index (χ4n) is 15.5. The molecule has 78 heavy (non-hydrogen) atoms. The monoisotopic (exact) mass is 1120 g/mol. The number of aliphatic hydroxyl groups is 16. The molecule has 30 atom stereocenters. The highest BCUT2D eigenvalue weighted by atomic mass is 16.7. The fraction of sp³-hybridized carbons (Fsp3) is 0.963. The highest BCUT2D eigenvalue weighted by Crippen LogP contribution is 2.75. The van der Waals surface area contributed by atoms with E-state index in [2.05, 4.69) is 47.6 Å². The summed E-state index contributed by atoms with van der Waals surface area (Å²) in [7, 11) is 0. The molecule has 4 heterocycles. The molecular formula is C54H92O24. The number of fused-ring (bicyclic) bond motifs is 5. The van der Waals surface area contributed by atoms with Gasteiger partial charge in [0.2, 0.25) is 0 Å². The smallest absolute Gasteiger partial charge is 0.187 e. The lowest BCUT2D eigenvalue weighted by molar-refractivity contribution is -0.341. The first-order chi connectivity index (χ1) is 36.4. The third kappa shape index (κ3) is 11.1. The van der Waals surface area contributed by atoms with Gasteiger partial charge in [-0.05, 0) is 99.7 Å². The molecule has 0 radical (unpaired) electrons. The summed E-state index contributed by atoms with van der Waals surface area (Å²) in [6.45, 7) is 13.9. The number of hydrogen-bond donors (Lipinski definition) is 16. The molecule has 0 aromatic rings. The van der Waals surface area contributed by atoms with Gasteiger partial charge in [0.25, 0.3) is 0 Å². The molecule has 24 nitrogen and oxygen atoms in total. The maximum absolute atomic E-state index is 12.7. The Balaban J connectivity index is 0.909. The largest absolute Gasteiger partial charge is 0.394 e. The molecule has 8 aliphatic rings. The van der Waals surface area contributed by atoms with Crippen molar-refractivity contribution in [2.75, 3.05) is 26.4 Å². The molecule has 8 rings (SSSR count). The first kappa shape index (κ1) is 62.8.